The van der Waals surface area contributed by atoms with Crippen LogP contribution in [0.1, 0.15) is 33.6 Å². The average molecular weight is 553 g/mol. The maximum absolute atomic E-state index is 12.2. The minimum Gasteiger partial charge on any atom is -0.385 e. The summed E-state index contributed by atoms with van der Waals surface area (Å²) in [5.74, 6) is 0. The molecule has 3 aromatic heterocycles. The fourth-order valence-corrected chi connectivity index (χ4v) is 6.63. The van der Waals surface area contributed by atoms with Crippen LogP contribution in [-0.4, -0.2) is 69.2 Å². The van der Waals surface area contributed by atoms with Gasteiger partial charge in [-0.25, -0.2) is 9.78 Å². The van der Waals surface area contributed by atoms with Gasteiger partial charge in [0.1, 0.15) is 0 Å². The fraction of sp³-hybridized carbons (Fsp3) is 0.429. The lowest BCUT2D eigenvalue weighted by atomic mass is 10.1. The van der Waals surface area contributed by atoms with Crippen LogP contribution in [0, 0.1) is 0 Å². The number of urea groups is 1. The first-order valence-corrected chi connectivity index (χ1v) is 15.5. The summed E-state index contributed by atoms with van der Waals surface area (Å²) >= 11 is 0. The molecule has 0 spiro atoms. The monoisotopic (exact) mass is 552 g/mol. The first-order chi connectivity index (χ1) is 19.1. The molecule has 3 N–H and O–H groups in total. The summed E-state index contributed by atoms with van der Waals surface area (Å²) in [4.78, 5) is 25.9. The van der Waals surface area contributed by atoms with Crippen molar-refractivity contribution in [3.63, 3.8) is 0 Å². The van der Waals surface area contributed by atoms with E-state index in [2.05, 4.69) is 25.9 Å². The van der Waals surface area contributed by atoms with E-state index in [1.54, 1.807) is 12.4 Å². The minimum absolute atomic E-state index is 0.190. The van der Waals surface area contributed by atoms with Gasteiger partial charge in [-0.15, -0.1) is 0 Å². The number of rotatable bonds is 17. The Morgan fingerprint density at radius 3 is 1.77 bits per heavy atom. The smallest absolute Gasteiger partial charge is 0.385 e. The van der Waals surface area contributed by atoms with Crippen LogP contribution in [0.2, 0.25) is 6.04 Å². The highest BCUT2D eigenvalue weighted by molar-refractivity contribution is 6.60. The Hall–Kier alpha value is -3.38. The van der Waals surface area contributed by atoms with Crippen molar-refractivity contribution in [3.8, 4) is 22.8 Å². The highest BCUT2D eigenvalue weighted by atomic mass is 28.4. The predicted octanol–water partition coefficient (Wildman–Crippen LogP) is 4.75. The summed E-state index contributed by atoms with van der Waals surface area (Å²) in [7, 11) is -2.68. The van der Waals surface area contributed by atoms with Gasteiger partial charge in [-0.2, -0.15) is 0 Å². The van der Waals surface area contributed by atoms with Gasteiger partial charge < -0.3 is 29.2 Å². The molecule has 0 radical (unpaired) electrons. The van der Waals surface area contributed by atoms with E-state index in [4.69, 9.17) is 18.3 Å². The second-order valence-corrected chi connectivity index (χ2v) is 11.3. The number of pyridine rings is 3. The van der Waals surface area contributed by atoms with Gasteiger partial charge in [0.05, 0.1) is 22.8 Å². The number of nitrogens with one attached hydrogen (secondary N) is 3. The molecule has 0 saturated carbocycles. The molecule has 0 aliphatic heterocycles. The topological polar surface area (TPSA) is 120 Å². The summed E-state index contributed by atoms with van der Waals surface area (Å²) in [5, 5.41) is 9.26. The second-order valence-electron chi connectivity index (χ2n) is 8.60. The number of aromatic nitrogens is 3. The fourth-order valence-electron chi connectivity index (χ4n) is 4.02. The lowest BCUT2D eigenvalue weighted by Crippen LogP contribution is -2.46. The molecule has 10 nitrogen and oxygen atoms in total. The highest BCUT2D eigenvalue weighted by Gasteiger charge is 2.39. The van der Waals surface area contributed by atoms with E-state index in [0.29, 0.717) is 45.5 Å². The molecule has 3 heterocycles. The molecular formula is C28H40N6O4Si. The van der Waals surface area contributed by atoms with E-state index >= 15 is 0 Å². The highest BCUT2D eigenvalue weighted by Crippen LogP contribution is 2.25. The van der Waals surface area contributed by atoms with Crippen molar-refractivity contribution in [3.05, 3.63) is 60.9 Å². The van der Waals surface area contributed by atoms with Crippen molar-refractivity contribution >= 4 is 20.5 Å². The Kier molecular flexibility index (Phi) is 12.8. The maximum atomic E-state index is 12.2. The number of carbonyl (C=O) groups excluding carboxylic acids is 1. The third-order valence-corrected chi connectivity index (χ3v) is 8.84. The lowest BCUT2D eigenvalue weighted by molar-refractivity contribution is 0.0708. The van der Waals surface area contributed by atoms with Crippen molar-refractivity contribution in [2.75, 3.05) is 44.8 Å². The van der Waals surface area contributed by atoms with Gasteiger partial charge in [-0.3, -0.25) is 9.97 Å². The largest absolute Gasteiger partial charge is 0.500 e. The van der Waals surface area contributed by atoms with Crippen LogP contribution in [-0.2, 0) is 13.3 Å². The summed E-state index contributed by atoms with van der Waals surface area (Å²) < 4.78 is 17.6. The predicted molar refractivity (Wildman–Crippen MR) is 155 cm³/mol. The number of amides is 2. The zero-order valence-electron chi connectivity index (χ0n) is 23.1. The van der Waals surface area contributed by atoms with E-state index in [1.807, 2.05) is 69.3 Å². The molecule has 0 aromatic carbocycles. The first-order valence-electron chi connectivity index (χ1n) is 13.6. The van der Waals surface area contributed by atoms with Gasteiger partial charge in [-0.05, 0) is 70.0 Å². The number of hydrogen-bond acceptors (Lipinski definition) is 8. The van der Waals surface area contributed by atoms with E-state index in [0.717, 1.165) is 41.3 Å². The molecule has 0 aliphatic carbocycles. The molecule has 210 valence electrons. The van der Waals surface area contributed by atoms with Crippen LogP contribution < -0.4 is 16.0 Å². The van der Waals surface area contributed by atoms with Crippen LogP contribution in [0.15, 0.2) is 60.9 Å². The lowest BCUT2D eigenvalue weighted by Gasteiger charge is -2.28. The number of nitrogens with zero attached hydrogens (tertiary/aromatic N) is 3. The SMILES string of the molecule is CCO[Si](CCCNC(=O)NCCCNc1cc(-c2ccccn2)nc(-c2ccccn2)c1)(OCC)OCC. The Labute approximate surface area is 232 Å². The Balaban J connectivity index is 1.44. The second kappa shape index (κ2) is 16.6. The van der Waals surface area contributed by atoms with Crippen LogP contribution in [0.3, 0.4) is 0 Å². The van der Waals surface area contributed by atoms with Gasteiger partial charge >= 0.3 is 14.8 Å². The van der Waals surface area contributed by atoms with Crippen molar-refractivity contribution in [1.29, 1.82) is 0 Å². The Morgan fingerprint density at radius 2 is 1.28 bits per heavy atom. The minimum atomic E-state index is -2.68. The molecule has 0 aliphatic rings. The van der Waals surface area contributed by atoms with Gasteiger partial charge in [-0.1, -0.05) is 12.1 Å². The van der Waals surface area contributed by atoms with Gasteiger partial charge in [0, 0.05) is 63.6 Å². The maximum Gasteiger partial charge on any atom is 0.500 e. The van der Waals surface area contributed by atoms with Crippen molar-refractivity contribution in [2.24, 2.45) is 0 Å². The average Bonchev–Trinajstić information content (AvgIpc) is 2.96. The number of anilines is 1. The normalized spacial score (nSPS) is 11.3. The molecule has 0 fully saturated rings. The molecule has 11 heteroatoms. The zero-order chi connectivity index (χ0) is 27.8. The van der Waals surface area contributed by atoms with Crippen LogP contribution in [0.4, 0.5) is 10.5 Å². The van der Waals surface area contributed by atoms with Crippen LogP contribution in [0.5, 0.6) is 0 Å². The van der Waals surface area contributed by atoms with Gasteiger partial charge in [0.25, 0.3) is 0 Å². The molecule has 0 bridgehead atoms. The van der Waals surface area contributed by atoms with E-state index in [-0.39, 0.29) is 6.03 Å². The molecule has 3 rings (SSSR count). The van der Waals surface area contributed by atoms with Crippen molar-refractivity contribution in [1.82, 2.24) is 25.6 Å². The van der Waals surface area contributed by atoms with Gasteiger partial charge in [0.2, 0.25) is 0 Å². The summed E-state index contributed by atoms with van der Waals surface area (Å²) in [6, 6.07) is 15.9. The molecule has 0 saturated heterocycles. The van der Waals surface area contributed by atoms with Crippen molar-refractivity contribution in [2.45, 2.75) is 39.7 Å². The first kappa shape index (κ1) is 30.2. The molecule has 2 amide bonds. The summed E-state index contributed by atoms with van der Waals surface area (Å²) in [6.07, 6.45) is 4.98. The Bertz CT molecular complexity index is 1050. The van der Waals surface area contributed by atoms with E-state index in [1.165, 1.54) is 0 Å². The van der Waals surface area contributed by atoms with Gasteiger partial charge in [0.15, 0.2) is 0 Å². The molecule has 3 aromatic rings. The number of carbonyl (C=O) groups is 1. The van der Waals surface area contributed by atoms with Crippen molar-refractivity contribution < 1.29 is 18.1 Å². The molecule has 39 heavy (non-hydrogen) atoms. The van der Waals surface area contributed by atoms with Crippen LogP contribution in [0.25, 0.3) is 22.8 Å². The molecular weight excluding hydrogens is 512 g/mol. The van der Waals surface area contributed by atoms with E-state index < -0.39 is 8.80 Å². The number of hydrogen-bond donors (Lipinski definition) is 3. The summed E-state index contributed by atoms with van der Waals surface area (Å²) in [5.41, 5.74) is 4.04. The summed E-state index contributed by atoms with van der Waals surface area (Å²) in [6.45, 7) is 9.19. The molecule has 0 unspecified atom stereocenters. The third kappa shape index (κ3) is 10.0. The van der Waals surface area contributed by atoms with Crippen LogP contribution >= 0.6 is 0 Å². The third-order valence-electron chi connectivity index (χ3n) is 5.69. The standard InChI is InChI=1S/C28H40N6O4Si/c1-4-36-39(37-5-2,38-6-3)20-12-19-33-28(35)32-18-11-17-29-23-21-26(24-13-7-9-15-30-24)34-27(22-23)25-14-8-10-16-31-25/h7-10,13-16,21-22H,4-6,11-12,17-20H2,1-3H3,(H,29,34)(H2,32,33,35). The van der Waals surface area contributed by atoms with E-state index in [9.17, 15) is 4.79 Å². The Morgan fingerprint density at radius 1 is 0.744 bits per heavy atom. The quantitative estimate of drug-likeness (QED) is 0.162. The molecule has 0 atom stereocenters. The zero-order valence-corrected chi connectivity index (χ0v) is 24.1.